The zero-order valence-corrected chi connectivity index (χ0v) is 63.9. The Morgan fingerprint density at radius 3 is 0.800 bits per heavy atom. The number of hydrogen-bond donors (Lipinski definition) is 3. The molecule has 3 N–H and O–H groups in total. The van der Waals surface area contributed by atoms with Gasteiger partial charge in [-0.25, -0.2) is 9.13 Å². The van der Waals surface area contributed by atoms with E-state index < -0.39 is 97.5 Å². The summed E-state index contributed by atoms with van der Waals surface area (Å²) in [6.07, 6.45) is 53.0. The minimum absolute atomic E-state index is 0.102. The lowest BCUT2D eigenvalue weighted by Crippen LogP contribution is -2.30. The highest BCUT2D eigenvalue weighted by Gasteiger charge is 2.30. The fourth-order valence-electron chi connectivity index (χ4n) is 11.5. The third-order valence-electron chi connectivity index (χ3n) is 18.4. The maximum atomic E-state index is 13.1. The van der Waals surface area contributed by atoms with Crippen LogP contribution in [0.4, 0.5) is 0 Å². The minimum Gasteiger partial charge on any atom is -0.462 e. The van der Waals surface area contributed by atoms with Gasteiger partial charge in [0.25, 0.3) is 0 Å². The first kappa shape index (κ1) is 93.1. The quantitative estimate of drug-likeness (QED) is 0.0222. The van der Waals surface area contributed by atoms with Gasteiger partial charge in [0.1, 0.15) is 19.3 Å². The van der Waals surface area contributed by atoms with Gasteiger partial charge in [-0.2, -0.15) is 0 Å². The van der Waals surface area contributed by atoms with Crippen molar-refractivity contribution in [3.8, 4) is 0 Å². The van der Waals surface area contributed by atoms with Gasteiger partial charge in [-0.05, 0) is 43.4 Å². The van der Waals surface area contributed by atoms with Crippen molar-refractivity contribution in [1.82, 2.24) is 0 Å². The predicted molar refractivity (Wildman–Crippen MR) is 386 cm³/mol. The van der Waals surface area contributed by atoms with Gasteiger partial charge in [-0.15, -0.1) is 0 Å². The number of unbranched alkanes of at least 4 members (excludes halogenated alkanes) is 40. The second-order valence-corrected chi connectivity index (χ2v) is 31.3. The van der Waals surface area contributed by atoms with Crippen LogP contribution in [0.2, 0.25) is 0 Å². The Kier molecular flexibility index (Phi) is 65.2. The highest BCUT2D eigenvalue weighted by Crippen LogP contribution is 2.45. The summed E-state index contributed by atoms with van der Waals surface area (Å²) in [5, 5.41) is 10.6. The van der Waals surface area contributed by atoms with Crippen LogP contribution in [0.25, 0.3) is 0 Å². The second kappa shape index (κ2) is 66.6. The summed E-state index contributed by atoms with van der Waals surface area (Å²) in [5.41, 5.74) is 0. The molecular weight excluding hydrogens is 1250 g/mol. The molecule has 0 amide bonds. The topological polar surface area (TPSA) is 237 Å². The SMILES string of the molecule is CCCCCCCCCCCCCCCCCCCCC(=O)OC[C@H](COP(=O)(O)OC[C@@H](O)COP(=O)(O)OC[C@@H](COC(=O)CCCCCCCCC(C)C)OC(=O)CCCCCCCCC(C)CC)OC(=O)CCCCCCCCCCCCCCCCC(C)CC. The Labute approximate surface area is 581 Å². The van der Waals surface area contributed by atoms with Crippen molar-refractivity contribution < 1.29 is 80.2 Å². The number of rotatable bonds is 74. The molecule has 19 heteroatoms. The monoisotopic (exact) mass is 1400 g/mol. The van der Waals surface area contributed by atoms with Crippen LogP contribution in [0.1, 0.15) is 389 Å². The molecule has 0 aliphatic heterocycles. The highest BCUT2D eigenvalue weighted by molar-refractivity contribution is 7.47. The van der Waals surface area contributed by atoms with Crippen LogP contribution >= 0.6 is 15.6 Å². The number of phosphoric acid groups is 2. The lowest BCUT2D eigenvalue weighted by Gasteiger charge is -2.21. The Morgan fingerprint density at radius 2 is 0.537 bits per heavy atom. The molecular formula is C76H148O17P2. The third kappa shape index (κ3) is 67.6. The largest absolute Gasteiger partial charge is 0.472 e. The number of aliphatic hydroxyl groups is 1. The van der Waals surface area contributed by atoms with E-state index in [2.05, 4.69) is 48.5 Å². The molecule has 0 heterocycles. The minimum atomic E-state index is -4.96. The van der Waals surface area contributed by atoms with Gasteiger partial charge in [-0.1, -0.05) is 337 Å². The summed E-state index contributed by atoms with van der Waals surface area (Å²) in [6, 6.07) is 0. The summed E-state index contributed by atoms with van der Waals surface area (Å²) in [6.45, 7) is 11.8. The van der Waals surface area contributed by atoms with E-state index in [9.17, 15) is 43.2 Å². The summed E-state index contributed by atoms with van der Waals surface area (Å²) in [5.74, 6) is 0.122. The number of aliphatic hydroxyl groups excluding tert-OH is 1. The smallest absolute Gasteiger partial charge is 0.462 e. The third-order valence-corrected chi connectivity index (χ3v) is 20.3. The van der Waals surface area contributed by atoms with E-state index in [4.69, 9.17) is 37.0 Å². The first-order valence-corrected chi connectivity index (χ1v) is 42.4. The maximum Gasteiger partial charge on any atom is 0.472 e. The Morgan fingerprint density at radius 1 is 0.305 bits per heavy atom. The molecule has 0 saturated carbocycles. The van der Waals surface area contributed by atoms with E-state index in [1.165, 1.54) is 193 Å². The number of hydrogen-bond acceptors (Lipinski definition) is 15. The van der Waals surface area contributed by atoms with Crippen molar-refractivity contribution in [2.24, 2.45) is 17.8 Å². The first-order chi connectivity index (χ1) is 45.8. The molecule has 0 rings (SSSR count). The first-order valence-electron chi connectivity index (χ1n) is 39.4. The van der Waals surface area contributed by atoms with Crippen molar-refractivity contribution >= 4 is 39.5 Å². The van der Waals surface area contributed by atoms with E-state index in [1.54, 1.807) is 0 Å². The molecule has 95 heavy (non-hydrogen) atoms. The normalized spacial score (nSPS) is 14.6. The van der Waals surface area contributed by atoms with Crippen LogP contribution in [0, 0.1) is 17.8 Å². The lowest BCUT2D eigenvalue weighted by molar-refractivity contribution is -0.161. The van der Waals surface area contributed by atoms with Crippen LogP contribution in [-0.2, 0) is 65.4 Å². The van der Waals surface area contributed by atoms with Crippen molar-refractivity contribution in [3.05, 3.63) is 0 Å². The molecule has 17 nitrogen and oxygen atoms in total. The Balaban J connectivity index is 5.21. The molecule has 0 aliphatic carbocycles. The van der Waals surface area contributed by atoms with Gasteiger partial charge < -0.3 is 33.8 Å². The Hall–Kier alpha value is -1.94. The molecule has 0 aliphatic rings. The number of phosphoric ester groups is 2. The average Bonchev–Trinajstić information content (AvgIpc) is 3.00. The predicted octanol–water partition coefficient (Wildman–Crippen LogP) is 22.2. The molecule has 0 radical (unpaired) electrons. The summed E-state index contributed by atoms with van der Waals surface area (Å²) in [4.78, 5) is 72.7. The van der Waals surface area contributed by atoms with Crippen molar-refractivity contribution in [1.29, 1.82) is 0 Å². The molecule has 564 valence electrons. The molecule has 0 aromatic carbocycles. The van der Waals surface area contributed by atoms with Crippen LogP contribution < -0.4 is 0 Å². The molecule has 0 spiro atoms. The van der Waals surface area contributed by atoms with Crippen LogP contribution in [0.5, 0.6) is 0 Å². The molecule has 0 aromatic rings. The van der Waals surface area contributed by atoms with Crippen molar-refractivity contribution in [3.63, 3.8) is 0 Å². The number of esters is 4. The number of carbonyl (C=O) groups is 4. The molecule has 7 atom stereocenters. The standard InChI is InChI=1S/C76H148O17P2/c1-8-11-12-13-14-15-16-17-18-19-20-21-25-28-31-34-43-50-57-73(78)86-63-71(92-75(80)59-52-45-35-32-29-26-23-22-24-27-30-33-41-48-55-68(6)9-2)65-90-94(82,83)88-61-70(77)62-89-95(84,85)91-66-72(64-87-74(79)58-51-44-38-36-40-47-54-67(4)5)93-76(81)60-53-46-39-37-42-49-56-69(7)10-3/h67-72,77H,8-66H2,1-7H3,(H,82,83)(H,84,85)/t68?,69?,70-,71-,72-/m1/s1. The summed E-state index contributed by atoms with van der Waals surface area (Å²) >= 11 is 0. The van der Waals surface area contributed by atoms with Gasteiger partial charge >= 0.3 is 39.5 Å². The lowest BCUT2D eigenvalue weighted by atomic mass is 9.99. The van der Waals surface area contributed by atoms with Crippen molar-refractivity contribution in [2.45, 2.75) is 407 Å². The van der Waals surface area contributed by atoms with Gasteiger partial charge in [0.15, 0.2) is 12.2 Å². The summed E-state index contributed by atoms with van der Waals surface area (Å²) in [7, 11) is -9.91. The fraction of sp³-hybridized carbons (Fsp3) is 0.947. The zero-order chi connectivity index (χ0) is 70.1. The zero-order valence-electron chi connectivity index (χ0n) is 62.1. The number of ether oxygens (including phenoxy) is 4. The van der Waals surface area contributed by atoms with Gasteiger partial charge in [-0.3, -0.25) is 37.3 Å². The van der Waals surface area contributed by atoms with E-state index in [1.807, 2.05) is 0 Å². The van der Waals surface area contributed by atoms with E-state index in [0.29, 0.717) is 31.6 Å². The van der Waals surface area contributed by atoms with Crippen LogP contribution in [0.15, 0.2) is 0 Å². The molecule has 0 fully saturated rings. The van der Waals surface area contributed by atoms with Crippen LogP contribution in [0.3, 0.4) is 0 Å². The van der Waals surface area contributed by atoms with Gasteiger partial charge in [0.2, 0.25) is 0 Å². The van der Waals surface area contributed by atoms with Gasteiger partial charge in [0.05, 0.1) is 26.4 Å². The molecule has 0 saturated heterocycles. The van der Waals surface area contributed by atoms with E-state index in [0.717, 1.165) is 108 Å². The molecule has 0 bridgehead atoms. The number of carbonyl (C=O) groups excluding carboxylic acids is 4. The van der Waals surface area contributed by atoms with E-state index in [-0.39, 0.29) is 25.7 Å². The van der Waals surface area contributed by atoms with E-state index >= 15 is 0 Å². The second-order valence-electron chi connectivity index (χ2n) is 28.4. The fourth-order valence-corrected chi connectivity index (χ4v) is 13.1. The summed E-state index contributed by atoms with van der Waals surface area (Å²) < 4.78 is 68.4. The maximum absolute atomic E-state index is 13.1. The molecule has 4 unspecified atom stereocenters. The Bertz CT molecular complexity index is 1860. The molecule has 0 aromatic heterocycles. The van der Waals surface area contributed by atoms with Crippen molar-refractivity contribution in [2.75, 3.05) is 39.6 Å². The van der Waals surface area contributed by atoms with Gasteiger partial charge in [0, 0.05) is 25.7 Å². The highest BCUT2D eigenvalue weighted by atomic mass is 31.2. The average molecular weight is 1400 g/mol. The van der Waals surface area contributed by atoms with Crippen LogP contribution in [-0.4, -0.2) is 96.7 Å².